The van der Waals surface area contributed by atoms with Crippen molar-refractivity contribution in [1.29, 1.82) is 0 Å². The first-order chi connectivity index (χ1) is 8.19. The summed E-state index contributed by atoms with van der Waals surface area (Å²) < 4.78 is 5.32. The van der Waals surface area contributed by atoms with Gasteiger partial charge in [-0.3, -0.25) is 14.9 Å². The molecule has 0 aliphatic rings. The van der Waals surface area contributed by atoms with Gasteiger partial charge >= 0.3 is 5.69 Å². The van der Waals surface area contributed by atoms with E-state index in [1.165, 1.54) is 18.2 Å². The molecule has 0 spiro atoms. The summed E-state index contributed by atoms with van der Waals surface area (Å²) in [4.78, 5) is 20.8. The molecule has 0 atom stereocenters. The molecule has 5 nitrogen and oxygen atoms in total. The van der Waals surface area contributed by atoms with Crippen LogP contribution >= 0.6 is 11.8 Å². The average molecular weight is 255 g/mol. The number of hydrogen-bond donors (Lipinski definition) is 0. The van der Waals surface area contributed by atoms with Crippen molar-refractivity contribution in [2.75, 3.05) is 18.1 Å². The van der Waals surface area contributed by atoms with Crippen molar-refractivity contribution < 1.29 is 14.5 Å². The molecule has 1 rings (SSSR count). The zero-order chi connectivity index (χ0) is 12.7. The van der Waals surface area contributed by atoms with Gasteiger partial charge in [0.1, 0.15) is 6.29 Å². The Morgan fingerprint density at radius 3 is 2.88 bits per heavy atom. The Bertz CT molecular complexity index is 408. The van der Waals surface area contributed by atoms with Crippen LogP contribution in [0.15, 0.2) is 18.2 Å². The number of rotatable bonds is 7. The minimum absolute atomic E-state index is 0.170. The lowest BCUT2D eigenvalue weighted by atomic mass is 10.2. The Labute approximate surface area is 103 Å². The van der Waals surface area contributed by atoms with E-state index >= 15 is 0 Å². The summed E-state index contributed by atoms with van der Waals surface area (Å²) in [6.45, 7) is 2.45. The molecule has 0 aliphatic heterocycles. The topological polar surface area (TPSA) is 69.4 Å². The molecule has 92 valence electrons. The lowest BCUT2D eigenvalue weighted by Crippen LogP contribution is -2.03. The second-order valence-corrected chi connectivity index (χ2v) is 4.54. The van der Waals surface area contributed by atoms with Crippen LogP contribution in [-0.2, 0) is 0 Å². The number of nitro groups is 1. The van der Waals surface area contributed by atoms with Crippen LogP contribution in [0.5, 0.6) is 5.75 Å². The van der Waals surface area contributed by atoms with E-state index in [4.69, 9.17) is 4.74 Å². The van der Waals surface area contributed by atoms with Crippen molar-refractivity contribution in [2.24, 2.45) is 0 Å². The van der Waals surface area contributed by atoms with Crippen molar-refractivity contribution >= 4 is 23.7 Å². The molecular weight excluding hydrogens is 242 g/mol. The molecule has 0 aliphatic carbocycles. The molecule has 0 radical (unpaired) electrons. The minimum Gasteiger partial charge on any atom is -0.486 e. The number of aldehydes is 1. The summed E-state index contributed by atoms with van der Waals surface area (Å²) in [6.07, 6.45) is 0.573. The molecule has 0 heterocycles. The average Bonchev–Trinajstić information content (AvgIpc) is 2.34. The standard InChI is InChI=1S/C11H13NO4S/c1-2-17-6-5-16-11-4-3-9(8-13)7-10(11)12(14)15/h3-4,7-8H,2,5-6H2,1H3. The van der Waals surface area contributed by atoms with Crippen molar-refractivity contribution in [3.8, 4) is 5.75 Å². The molecule has 1 aromatic carbocycles. The summed E-state index contributed by atoms with van der Waals surface area (Å²) in [5.74, 6) is 1.97. The van der Waals surface area contributed by atoms with E-state index < -0.39 is 4.92 Å². The Morgan fingerprint density at radius 1 is 1.53 bits per heavy atom. The summed E-state index contributed by atoms with van der Waals surface area (Å²) in [7, 11) is 0. The largest absolute Gasteiger partial charge is 0.486 e. The highest BCUT2D eigenvalue weighted by Gasteiger charge is 2.15. The lowest BCUT2D eigenvalue weighted by molar-refractivity contribution is -0.385. The fourth-order valence-corrected chi connectivity index (χ4v) is 1.72. The normalized spacial score (nSPS) is 9.94. The molecule has 0 N–H and O–H groups in total. The second-order valence-electron chi connectivity index (χ2n) is 3.15. The van der Waals surface area contributed by atoms with Crippen LogP contribution in [0.3, 0.4) is 0 Å². The number of benzene rings is 1. The van der Waals surface area contributed by atoms with E-state index in [1.807, 2.05) is 6.92 Å². The molecule has 0 amide bonds. The number of nitro benzene ring substituents is 1. The third-order valence-corrected chi connectivity index (χ3v) is 2.87. The fraction of sp³-hybridized carbons (Fsp3) is 0.364. The highest BCUT2D eigenvalue weighted by molar-refractivity contribution is 7.99. The Kier molecular flexibility index (Phi) is 5.48. The molecule has 0 saturated carbocycles. The lowest BCUT2D eigenvalue weighted by Gasteiger charge is -2.06. The van der Waals surface area contributed by atoms with Gasteiger partial charge in [0.15, 0.2) is 5.75 Å². The second kappa shape index (κ2) is 6.90. The van der Waals surface area contributed by atoms with Gasteiger partial charge in [-0.2, -0.15) is 11.8 Å². The first-order valence-corrected chi connectivity index (χ1v) is 6.28. The van der Waals surface area contributed by atoms with Gasteiger partial charge in [0, 0.05) is 17.4 Å². The van der Waals surface area contributed by atoms with Crippen LogP contribution in [0.4, 0.5) is 5.69 Å². The quantitative estimate of drug-likeness (QED) is 0.324. The molecule has 0 unspecified atom stereocenters. The van der Waals surface area contributed by atoms with Crippen molar-refractivity contribution in [3.63, 3.8) is 0 Å². The van der Waals surface area contributed by atoms with Crippen LogP contribution in [0, 0.1) is 10.1 Å². The Hall–Kier alpha value is -1.56. The monoisotopic (exact) mass is 255 g/mol. The smallest absolute Gasteiger partial charge is 0.311 e. The molecule has 0 bridgehead atoms. The molecule has 0 saturated heterocycles. The van der Waals surface area contributed by atoms with E-state index in [9.17, 15) is 14.9 Å². The third kappa shape index (κ3) is 4.07. The summed E-state index contributed by atoms with van der Waals surface area (Å²) >= 11 is 1.70. The number of hydrogen-bond acceptors (Lipinski definition) is 5. The van der Waals surface area contributed by atoms with Crippen LogP contribution in [0.2, 0.25) is 0 Å². The summed E-state index contributed by atoms with van der Waals surface area (Å²) in [5.41, 5.74) is 0.100. The van der Waals surface area contributed by atoms with Crippen LogP contribution in [0.1, 0.15) is 17.3 Å². The third-order valence-electron chi connectivity index (χ3n) is 2.01. The first-order valence-electron chi connectivity index (χ1n) is 5.13. The van der Waals surface area contributed by atoms with Crippen molar-refractivity contribution in [2.45, 2.75) is 6.92 Å². The van der Waals surface area contributed by atoms with Gasteiger partial charge in [-0.1, -0.05) is 6.92 Å². The zero-order valence-corrected chi connectivity index (χ0v) is 10.2. The molecule has 0 fully saturated rings. The maximum atomic E-state index is 10.8. The van der Waals surface area contributed by atoms with Gasteiger partial charge in [-0.15, -0.1) is 0 Å². The fourth-order valence-electron chi connectivity index (χ4n) is 1.23. The summed E-state index contributed by atoms with van der Waals surface area (Å²) in [6, 6.07) is 4.18. The van der Waals surface area contributed by atoms with Crippen molar-refractivity contribution in [1.82, 2.24) is 0 Å². The predicted octanol–water partition coefficient (Wildman–Crippen LogP) is 2.54. The van der Waals surface area contributed by atoms with E-state index in [1.54, 1.807) is 11.8 Å². The first kappa shape index (κ1) is 13.5. The van der Waals surface area contributed by atoms with Crippen LogP contribution < -0.4 is 4.74 Å². The number of carbonyl (C=O) groups is 1. The molecule has 0 aromatic heterocycles. The van der Waals surface area contributed by atoms with Gasteiger partial charge in [0.25, 0.3) is 0 Å². The van der Waals surface area contributed by atoms with Gasteiger partial charge in [-0.05, 0) is 17.9 Å². The molecular formula is C11H13NO4S. The van der Waals surface area contributed by atoms with E-state index in [0.717, 1.165) is 11.5 Å². The summed E-state index contributed by atoms with van der Waals surface area (Å²) in [5, 5.41) is 10.8. The highest BCUT2D eigenvalue weighted by atomic mass is 32.2. The SMILES string of the molecule is CCSCCOc1ccc(C=O)cc1[N+](=O)[O-]. The van der Waals surface area contributed by atoms with Crippen molar-refractivity contribution in [3.05, 3.63) is 33.9 Å². The van der Waals surface area contributed by atoms with Gasteiger partial charge in [0.2, 0.25) is 0 Å². The maximum absolute atomic E-state index is 10.8. The number of nitrogens with zero attached hydrogens (tertiary/aromatic N) is 1. The van der Waals surface area contributed by atoms with Gasteiger partial charge in [-0.25, -0.2) is 0 Å². The van der Waals surface area contributed by atoms with E-state index in [-0.39, 0.29) is 17.0 Å². The van der Waals surface area contributed by atoms with Crippen LogP contribution in [-0.4, -0.2) is 29.3 Å². The molecule has 1 aromatic rings. The predicted molar refractivity (Wildman–Crippen MR) is 67.0 cm³/mol. The van der Waals surface area contributed by atoms with E-state index in [2.05, 4.69) is 0 Å². The van der Waals surface area contributed by atoms with Crippen LogP contribution in [0.25, 0.3) is 0 Å². The van der Waals surface area contributed by atoms with Gasteiger partial charge < -0.3 is 4.74 Å². The zero-order valence-electron chi connectivity index (χ0n) is 9.42. The molecule has 6 heteroatoms. The number of ether oxygens (including phenoxy) is 1. The Morgan fingerprint density at radius 2 is 2.29 bits per heavy atom. The minimum atomic E-state index is -0.546. The van der Waals surface area contributed by atoms with Gasteiger partial charge in [0.05, 0.1) is 11.5 Å². The maximum Gasteiger partial charge on any atom is 0.311 e. The highest BCUT2D eigenvalue weighted by Crippen LogP contribution is 2.27. The molecule has 17 heavy (non-hydrogen) atoms. The number of carbonyl (C=O) groups excluding carboxylic acids is 1. The number of thioether (sulfide) groups is 1. The Balaban J connectivity index is 2.76. The van der Waals surface area contributed by atoms with E-state index in [0.29, 0.717) is 12.9 Å².